The van der Waals surface area contributed by atoms with Gasteiger partial charge in [-0.25, -0.2) is 0 Å². The van der Waals surface area contributed by atoms with Crippen molar-refractivity contribution in [2.24, 2.45) is 0 Å². The van der Waals surface area contributed by atoms with Gasteiger partial charge in [-0.05, 0) is 93.6 Å². The summed E-state index contributed by atoms with van der Waals surface area (Å²) in [5.41, 5.74) is 3.72. The molecule has 244 valence electrons. The third-order valence-electron chi connectivity index (χ3n) is 7.69. The van der Waals surface area contributed by atoms with Crippen LogP contribution in [0.1, 0.15) is 33.9 Å². The Hall–Kier alpha value is -4.36. The number of halogens is 2. The first-order valence-electron chi connectivity index (χ1n) is 14.5. The van der Waals surface area contributed by atoms with Gasteiger partial charge in [0, 0.05) is 16.3 Å². The van der Waals surface area contributed by atoms with Crippen molar-refractivity contribution in [3.63, 3.8) is 0 Å². The molecule has 48 heavy (non-hydrogen) atoms. The van der Waals surface area contributed by atoms with E-state index in [1.165, 1.54) is 29.8 Å². The topological polar surface area (TPSA) is 122 Å². The van der Waals surface area contributed by atoms with Crippen molar-refractivity contribution in [1.82, 2.24) is 10.2 Å². The van der Waals surface area contributed by atoms with Crippen LogP contribution in [0.15, 0.2) is 99.3 Å². The SMILES string of the molecule is COc1cc(C2/C(=C(\O)c3ccc(OCc4ccccc4C)cc3)C(=O)C(=O)N2c2nnc(SCc3ccc(Cl)cc3)s2)cc(Br)c1O. The maximum atomic E-state index is 13.7. The number of aromatic nitrogens is 2. The molecule has 6 rings (SSSR count). The standard InChI is InChI=1S/C35H27BrClN3O6S2/c1-19-5-3-4-6-22(19)17-46-25-13-9-21(10-14-25)30(41)28-29(23-15-26(36)31(42)27(16-23)45-2)40(33(44)32(28)43)34-38-39-35(48-34)47-18-20-7-11-24(37)12-8-20/h3-16,29,41-42H,17-18H2,1-2H3/b30-28+. The highest BCUT2D eigenvalue weighted by Gasteiger charge is 2.48. The van der Waals surface area contributed by atoms with Crippen LogP contribution in [0, 0.1) is 6.92 Å². The second-order valence-corrected chi connectivity index (χ2v) is 14.2. The van der Waals surface area contributed by atoms with Crippen molar-refractivity contribution in [3.05, 3.63) is 128 Å². The maximum Gasteiger partial charge on any atom is 0.301 e. The highest BCUT2D eigenvalue weighted by atomic mass is 79.9. The molecule has 1 fully saturated rings. The number of methoxy groups -OCH3 is 1. The number of hydrogen-bond acceptors (Lipinski definition) is 10. The number of aryl methyl sites for hydroxylation is 1. The van der Waals surface area contributed by atoms with Crippen LogP contribution in [0.5, 0.6) is 17.2 Å². The molecular weight excluding hydrogens is 738 g/mol. The molecule has 0 bridgehead atoms. The number of ether oxygens (including phenoxy) is 2. The predicted octanol–water partition coefficient (Wildman–Crippen LogP) is 8.47. The second kappa shape index (κ2) is 14.4. The minimum atomic E-state index is -1.12. The fourth-order valence-electron chi connectivity index (χ4n) is 5.13. The van der Waals surface area contributed by atoms with Crippen LogP contribution in [0.3, 0.4) is 0 Å². The number of hydrogen-bond donors (Lipinski definition) is 2. The first-order valence-corrected chi connectivity index (χ1v) is 17.5. The number of benzene rings is 4. The molecule has 0 radical (unpaired) electrons. The van der Waals surface area contributed by atoms with Crippen molar-refractivity contribution >= 4 is 73.2 Å². The molecule has 13 heteroatoms. The maximum absolute atomic E-state index is 13.7. The fourth-order valence-corrected chi connectivity index (χ4v) is 7.54. The zero-order valence-electron chi connectivity index (χ0n) is 25.5. The summed E-state index contributed by atoms with van der Waals surface area (Å²) in [7, 11) is 1.39. The summed E-state index contributed by atoms with van der Waals surface area (Å²) in [5.74, 6) is -1.05. The minimum absolute atomic E-state index is 0.108. The van der Waals surface area contributed by atoms with Gasteiger partial charge in [0.15, 0.2) is 15.8 Å². The zero-order chi connectivity index (χ0) is 33.9. The fraction of sp³-hybridized carbons (Fsp3) is 0.143. The van der Waals surface area contributed by atoms with E-state index in [-0.39, 0.29) is 32.4 Å². The Labute approximate surface area is 297 Å². The van der Waals surface area contributed by atoms with Crippen LogP contribution in [-0.4, -0.2) is 39.2 Å². The van der Waals surface area contributed by atoms with Crippen molar-refractivity contribution in [1.29, 1.82) is 0 Å². The Bertz CT molecular complexity index is 2040. The van der Waals surface area contributed by atoms with Crippen LogP contribution >= 0.6 is 50.6 Å². The number of carbonyl (C=O) groups excluding carboxylic acids is 2. The molecular formula is C35H27BrClN3O6S2. The van der Waals surface area contributed by atoms with Crippen molar-refractivity contribution < 1.29 is 29.3 Å². The van der Waals surface area contributed by atoms with Gasteiger partial charge in [0.1, 0.15) is 18.1 Å². The first kappa shape index (κ1) is 33.5. The summed E-state index contributed by atoms with van der Waals surface area (Å²) < 4.78 is 12.2. The Kier molecular flexibility index (Phi) is 10.1. The lowest BCUT2D eigenvalue weighted by atomic mass is 9.95. The van der Waals surface area contributed by atoms with E-state index < -0.39 is 17.7 Å². The number of Topliss-reactive ketones (excluding diaryl/α,β-unsaturated/α-hetero) is 1. The molecule has 1 saturated heterocycles. The van der Waals surface area contributed by atoms with E-state index in [4.69, 9.17) is 21.1 Å². The lowest BCUT2D eigenvalue weighted by Crippen LogP contribution is -2.29. The smallest absolute Gasteiger partial charge is 0.301 e. The Morgan fingerprint density at radius 2 is 1.77 bits per heavy atom. The van der Waals surface area contributed by atoms with Gasteiger partial charge in [-0.1, -0.05) is 71.1 Å². The lowest BCUT2D eigenvalue weighted by Gasteiger charge is -2.23. The Balaban J connectivity index is 1.35. The molecule has 2 N–H and O–H groups in total. The molecule has 1 aromatic heterocycles. The van der Waals surface area contributed by atoms with Gasteiger partial charge in [-0.2, -0.15) is 0 Å². The van der Waals surface area contributed by atoms with E-state index in [0.717, 1.165) is 28.0 Å². The van der Waals surface area contributed by atoms with E-state index >= 15 is 0 Å². The van der Waals surface area contributed by atoms with E-state index in [1.807, 2.05) is 43.3 Å². The van der Waals surface area contributed by atoms with Gasteiger partial charge in [0.25, 0.3) is 5.78 Å². The largest absolute Gasteiger partial charge is 0.507 e. The molecule has 1 amide bonds. The quantitative estimate of drug-likeness (QED) is 0.0474. The molecule has 1 aliphatic heterocycles. The number of aliphatic hydroxyl groups excluding tert-OH is 1. The number of ketones is 1. The summed E-state index contributed by atoms with van der Waals surface area (Å²) >= 11 is 11.9. The molecule has 0 aliphatic carbocycles. The third-order valence-corrected chi connectivity index (χ3v) is 10.7. The average Bonchev–Trinajstić information content (AvgIpc) is 3.66. The van der Waals surface area contributed by atoms with E-state index in [9.17, 15) is 19.8 Å². The predicted molar refractivity (Wildman–Crippen MR) is 190 cm³/mol. The van der Waals surface area contributed by atoms with Gasteiger partial charge in [0.2, 0.25) is 5.13 Å². The van der Waals surface area contributed by atoms with E-state index in [2.05, 4.69) is 26.1 Å². The van der Waals surface area contributed by atoms with Crippen LogP contribution in [0.2, 0.25) is 5.02 Å². The van der Waals surface area contributed by atoms with Crippen LogP contribution < -0.4 is 14.4 Å². The van der Waals surface area contributed by atoms with Crippen molar-refractivity contribution in [2.75, 3.05) is 12.0 Å². The molecule has 2 heterocycles. The number of amides is 1. The number of phenols is 1. The summed E-state index contributed by atoms with van der Waals surface area (Å²) in [4.78, 5) is 28.6. The van der Waals surface area contributed by atoms with Gasteiger partial charge in [-0.15, -0.1) is 10.2 Å². The summed E-state index contributed by atoms with van der Waals surface area (Å²) in [6, 6.07) is 23.9. The number of aliphatic hydroxyl groups is 1. The molecule has 1 atom stereocenters. The number of carbonyl (C=O) groups is 2. The summed E-state index contributed by atoms with van der Waals surface area (Å²) in [6.45, 7) is 2.37. The molecule has 0 saturated carbocycles. The lowest BCUT2D eigenvalue weighted by molar-refractivity contribution is -0.132. The Morgan fingerprint density at radius 1 is 1.04 bits per heavy atom. The molecule has 1 unspecified atom stereocenters. The van der Waals surface area contributed by atoms with Gasteiger partial charge < -0.3 is 19.7 Å². The number of anilines is 1. The monoisotopic (exact) mass is 763 g/mol. The van der Waals surface area contributed by atoms with Crippen molar-refractivity contribution in [3.8, 4) is 17.2 Å². The zero-order valence-corrected chi connectivity index (χ0v) is 29.5. The summed E-state index contributed by atoms with van der Waals surface area (Å²) in [5, 5.41) is 31.5. The number of rotatable bonds is 10. The summed E-state index contributed by atoms with van der Waals surface area (Å²) in [6.07, 6.45) is 0. The molecule has 9 nitrogen and oxygen atoms in total. The third kappa shape index (κ3) is 6.93. The molecule has 4 aromatic carbocycles. The van der Waals surface area contributed by atoms with Gasteiger partial charge in [-0.3, -0.25) is 14.5 Å². The van der Waals surface area contributed by atoms with Crippen molar-refractivity contribution in [2.45, 2.75) is 29.7 Å². The Morgan fingerprint density at radius 3 is 2.48 bits per heavy atom. The van der Waals surface area contributed by atoms with Crippen LogP contribution in [-0.2, 0) is 21.9 Å². The minimum Gasteiger partial charge on any atom is -0.507 e. The number of aromatic hydroxyl groups is 1. The van der Waals surface area contributed by atoms with Crippen LogP contribution in [0.25, 0.3) is 5.76 Å². The molecule has 1 aliphatic rings. The second-order valence-electron chi connectivity index (χ2n) is 10.7. The van der Waals surface area contributed by atoms with E-state index in [1.54, 1.807) is 42.5 Å². The normalized spacial score (nSPS) is 15.6. The number of nitrogens with zero attached hydrogens (tertiary/aromatic N) is 3. The number of phenolic OH excluding ortho intramolecular Hbond substituents is 1. The number of thioether (sulfide) groups is 1. The highest BCUT2D eigenvalue weighted by molar-refractivity contribution is 9.10. The van der Waals surface area contributed by atoms with Gasteiger partial charge in [0.05, 0.1) is 23.2 Å². The average molecular weight is 765 g/mol. The first-order chi connectivity index (χ1) is 23.1. The van der Waals surface area contributed by atoms with E-state index in [0.29, 0.717) is 38.6 Å². The van der Waals surface area contributed by atoms with Crippen LogP contribution in [0.4, 0.5) is 5.13 Å². The highest BCUT2D eigenvalue weighted by Crippen LogP contribution is 2.47. The molecule has 5 aromatic rings. The van der Waals surface area contributed by atoms with Gasteiger partial charge >= 0.3 is 5.91 Å². The molecule has 0 spiro atoms.